The molecule has 2 rings (SSSR count). The van der Waals surface area contributed by atoms with Crippen LogP contribution in [0.5, 0.6) is 11.5 Å². The zero-order valence-corrected chi connectivity index (χ0v) is 16.6. The molecule has 27 heavy (non-hydrogen) atoms. The first kappa shape index (κ1) is 20.7. The number of methoxy groups -OCH3 is 2. The average Bonchev–Trinajstić information content (AvgIpc) is 2.65. The van der Waals surface area contributed by atoms with Crippen LogP contribution in [0, 0.1) is 13.8 Å². The van der Waals surface area contributed by atoms with Crippen LogP contribution in [0.25, 0.3) is 0 Å². The molecule has 2 aromatic carbocycles. The molecule has 1 N–H and O–H groups in total. The lowest BCUT2D eigenvalue weighted by Crippen LogP contribution is -2.30. The van der Waals surface area contributed by atoms with Gasteiger partial charge in [0, 0.05) is 0 Å². The van der Waals surface area contributed by atoms with E-state index in [4.69, 9.17) is 14.2 Å². The van der Waals surface area contributed by atoms with Crippen molar-refractivity contribution < 1.29 is 27.4 Å². The van der Waals surface area contributed by atoms with Crippen molar-refractivity contribution in [3.05, 3.63) is 53.1 Å². The summed E-state index contributed by atoms with van der Waals surface area (Å²) < 4.78 is 42.2. The first-order chi connectivity index (χ1) is 12.8. The maximum atomic E-state index is 12.2. The Morgan fingerprint density at radius 3 is 2.19 bits per heavy atom. The van der Waals surface area contributed by atoms with Crippen molar-refractivity contribution in [2.75, 3.05) is 20.8 Å². The van der Waals surface area contributed by atoms with E-state index in [9.17, 15) is 13.2 Å². The number of benzene rings is 2. The first-order valence-electron chi connectivity index (χ1n) is 8.20. The second kappa shape index (κ2) is 8.88. The summed E-state index contributed by atoms with van der Waals surface area (Å²) in [5.41, 5.74) is 2.54. The SMILES string of the molecule is COc1cc(C)c(COC(=O)CNS(=O)(=O)c2ccc(C)cc2)cc1OC. The van der Waals surface area contributed by atoms with Crippen LogP contribution in [-0.4, -0.2) is 35.2 Å². The fraction of sp³-hybridized carbons (Fsp3) is 0.316. The highest BCUT2D eigenvalue weighted by molar-refractivity contribution is 7.89. The molecule has 0 bridgehead atoms. The van der Waals surface area contributed by atoms with Gasteiger partial charge in [-0.15, -0.1) is 0 Å². The Bertz CT molecular complexity index is 907. The summed E-state index contributed by atoms with van der Waals surface area (Å²) in [6.45, 7) is 3.25. The van der Waals surface area contributed by atoms with E-state index in [-0.39, 0.29) is 11.5 Å². The minimum absolute atomic E-state index is 0.00270. The zero-order chi connectivity index (χ0) is 20.0. The van der Waals surface area contributed by atoms with Crippen LogP contribution in [0.1, 0.15) is 16.7 Å². The monoisotopic (exact) mass is 393 g/mol. The third kappa shape index (κ3) is 5.45. The molecule has 0 unspecified atom stereocenters. The molecular weight excluding hydrogens is 370 g/mol. The highest BCUT2D eigenvalue weighted by atomic mass is 32.2. The molecule has 0 saturated carbocycles. The Hall–Kier alpha value is -2.58. The summed E-state index contributed by atoms with van der Waals surface area (Å²) in [6.07, 6.45) is 0. The van der Waals surface area contributed by atoms with Gasteiger partial charge < -0.3 is 14.2 Å². The molecule has 0 aliphatic rings. The van der Waals surface area contributed by atoms with E-state index in [0.717, 1.165) is 16.7 Å². The summed E-state index contributed by atoms with van der Waals surface area (Å²) in [6, 6.07) is 9.84. The van der Waals surface area contributed by atoms with Crippen molar-refractivity contribution in [2.45, 2.75) is 25.3 Å². The second-order valence-electron chi connectivity index (χ2n) is 5.93. The average molecular weight is 393 g/mol. The molecule has 2 aromatic rings. The van der Waals surface area contributed by atoms with E-state index in [1.54, 1.807) is 24.3 Å². The summed E-state index contributed by atoms with van der Waals surface area (Å²) in [5.74, 6) is 0.421. The topological polar surface area (TPSA) is 90.9 Å². The highest BCUT2D eigenvalue weighted by Crippen LogP contribution is 2.30. The fourth-order valence-electron chi connectivity index (χ4n) is 2.34. The number of carbonyl (C=O) groups excluding carboxylic acids is 1. The predicted molar refractivity (Wildman–Crippen MR) is 100 cm³/mol. The van der Waals surface area contributed by atoms with Gasteiger partial charge in [0.1, 0.15) is 13.2 Å². The van der Waals surface area contributed by atoms with Crippen LogP contribution in [0.4, 0.5) is 0 Å². The summed E-state index contributed by atoms with van der Waals surface area (Å²) >= 11 is 0. The fourth-order valence-corrected chi connectivity index (χ4v) is 3.31. The molecule has 0 aromatic heterocycles. The summed E-state index contributed by atoms with van der Waals surface area (Å²) in [7, 11) is -0.715. The quantitative estimate of drug-likeness (QED) is 0.693. The van der Waals surface area contributed by atoms with Crippen molar-refractivity contribution in [3.63, 3.8) is 0 Å². The number of hydrogen-bond donors (Lipinski definition) is 1. The summed E-state index contributed by atoms with van der Waals surface area (Å²) in [4.78, 5) is 12.0. The Morgan fingerprint density at radius 2 is 1.59 bits per heavy atom. The smallest absolute Gasteiger partial charge is 0.321 e. The van der Waals surface area contributed by atoms with Crippen LogP contribution < -0.4 is 14.2 Å². The molecule has 146 valence electrons. The van der Waals surface area contributed by atoms with Gasteiger partial charge in [-0.1, -0.05) is 17.7 Å². The van der Waals surface area contributed by atoms with Crippen LogP contribution in [0.2, 0.25) is 0 Å². The summed E-state index contributed by atoms with van der Waals surface area (Å²) in [5, 5.41) is 0. The largest absolute Gasteiger partial charge is 0.493 e. The number of rotatable bonds is 8. The van der Waals surface area contributed by atoms with E-state index in [0.29, 0.717) is 11.5 Å². The maximum absolute atomic E-state index is 12.2. The van der Waals surface area contributed by atoms with Gasteiger partial charge in [-0.2, -0.15) is 4.72 Å². The first-order valence-corrected chi connectivity index (χ1v) is 9.68. The van der Waals surface area contributed by atoms with Gasteiger partial charge in [-0.3, -0.25) is 4.79 Å². The molecule has 0 atom stereocenters. The van der Waals surface area contributed by atoms with Gasteiger partial charge >= 0.3 is 5.97 Å². The van der Waals surface area contributed by atoms with Gasteiger partial charge in [0.25, 0.3) is 0 Å². The Kier molecular flexibility index (Phi) is 6.81. The minimum atomic E-state index is -3.77. The second-order valence-corrected chi connectivity index (χ2v) is 7.70. The van der Waals surface area contributed by atoms with Crippen molar-refractivity contribution in [1.29, 1.82) is 0 Å². The molecule has 0 heterocycles. The molecular formula is C19H23NO6S. The van der Waals surface area contributed by atoms with Crippen LogP contribution in [0.15, 0.2) is 41.3 Å². The normalized spacial score (nSPS) is 11.1. The number of nitrogens with one attached hydrogen (secondary N) is 1. The number of aryl methyl sites for hydroxylation is 2. The lowest BCUT2D eigenvalue weighted by molar-refractivity contribution is -0.143. The third-order valence-corrected chi connectivity index (χ3v) is 5.39. The van der Waals surface area contributed by atoms with E-state index < -0.39 is 22.5 Å². The molecule has 0 spiro atoms. The number of esters is 1. The molecule has 0 radical (unpaired) electrons. The standard InChI is InChI=1S/C19H23NO6S/c1-13-5-7-16(8-6-13)27(22,23)20-11-19(21)26-12-15-10-18(25-4)17(24-3)9-14(15)2/h5-10,20H,11-12H2,1-4H3. The van der Waals surface area contributed by atoms with Crippen LogP contribution >= 0.6 is 0 Å². The molecule has 0 aliphatic heterocycles. The molecule has 0 aliphatic carbocycles. The third-order valence-electron chi connectivity index (χ3n) is 3.97. The van der Waals surface area contributed by atoms with Gasteiger partial charge in [0.15, 0.2) is 11.5 Å². The van der Waals surface area contributed by atoms with Crippen molar-refractivity contribution >= 4 is 16.0 Å². The Morgan fingerprint density at radius 1 is 1.00 bits per heavy atom. The molecule has 7 nitrogen and oxygen atoms in total. The number of sulfonamides is 1. The van der Waals surface area contributed by atoms with Crippen molar-refractivity contribution in [1.82, 2.24) is 4.72 Å². The van der Waals surface area contributed by atoms with Gasteiger partial charge in [-0.25, -0.2) is 8.42 Å². The van der Waals surface area contributed by atoms with Gasteiger partial charge in [0.2, 0.25) is 10.0 Å². The van der Waals surface area contributed by atoms with Gasteiger partial charge in [-0.05, 0) is 49.2 Å². The van der Waals surface area contributed by atoms with Crippen molar-refractivity contribution in [3.8, 4) is 11.5 Å². The molecule has 0 saturated heterocycles. The maximum Gasteiger partial charge on any atom is 0.321 e. The predicted octanol–water partition coefficient (Wildman–Crippen LogP) is 2.34. The van der Waals surface area contributed by atoms with E-state index >= 15 is 0 Å². The molecule has 0 fully saturated rings. The number of hydrogen-bond acceptors (Lipinski definition) is 6. The molecule has 8 heteroatoms. The van der Waals surface area contributed by atoms with E-state index in [1.807, 2.05) is 13.8 Å². The highest BCUT2D eigenvalue weighted by Gasteiger charge is 2.16. The number of carbonyl (C=O) groups is 1. The lowest BCUT2D eigenvalue weighted by atomic mass is 10.1. The molecule has 0 amide bonds. The van der Waals surface area contributed by atoms with Crippen LogP contribution in [0.3, 0.4) is 0 Å². The number of ether oxygens (including phenoxy) is 3. The van der Waals surface area contributed by atoms with Crippen molar-refractivity contribution in [2.24, 2.45) is 0 Å². The van der Waals surface area contributed by atoms with Gasteiger partial charge in [0.05, 0.1) is 19.1 Å². The Labute approximate surface area is 159 Å². The lowest BCUT2D eigenvalue weighted by Gasteiger charge is -2.13. The van der Waals surface area contributed by atoms with Crippen LogP contribution in [-0.2, 0) is 26.2 Å². The Balaban J connectivity index is 1.96. The van der Waals surface area contributed by atoms with E-state index in [2.05, 4.69) is 4.72 Å². The van der Waals surface area contributed by atoms with E-state index in [1.165, 1.54) is 26.4 Å². The zero-order valence-electron chi connectivity index (χ0n) is 15.7. The minimum Gasteiger partial charge on any atom is -0.493 e.